The fourth-order valence-electron chi connectivity index (χ4n) is 1.06. The topological polar surface area (TPSA) is 46.6 Å². The molecule has 0 aromatic heterocycles. The lowest BCUT2D eigenvalue weighted by Crippen LogP contribution is -2.46. The molecule has 1 aliphatic heterocycles. The number of rotatable bonds is 1. The number of carbonyl (C=O) groups is 1. The van der Waals surface area contributed by atoms with Gasteiger partial charge >= 0.3 is 5.97 Å². The average molecular weight is 209 g/mol. The number of hydrogen-bond acceptors (Lipinski definition) is 4. The highest BCUT2D eigenvalue weighted by molar-refractivity contribution is 7.85. The maximum Gasteiger partial charge on any atom is 0.324 e. The smallest absolute Gasteiger partial charge is 0.324 e. The third kappa shape index (κ3) is 2.25. The minimum absolute atomic E-state index is 0.307. The fourth-order valence-corrected chi connectivity index (χ4v) is 3.01. The normalized spacial score (nSPS) is 31.5. The van der Waals surface area contributed by atoms with Gasteiger partial charge < -0.3 is 4.74 Å². The highest BCUT2D eigenvalue weighted by atomic mass is 32.2. The predicted molar refractivity (Wildman–Crippen MR) is 50.1 cm³/mol. The number of methoxy groups -OCH3 is 1. The average Bonchev–Trinajstić information content (AvgIpc) is 2.08. The van der Waals surface area contributed by atoms with Crippen molar-refractivity contribution in [1.29, 1.82) is 0 Å². The second-order valence-electron chi connectivity index (χ2n) is 2.59. The molecule has 0 amide bonds. The largest absolute Gasteiger partial charge is 0.468 e. The molecule has 0 bridgehead atoms. The molecule has 1 aliphatic rings. The molecule has 0 N–H and O–H groups in total. The summed E-state index contributed by atoms with van der Waals surface area (Å²) in [5.41, 5.74) is 0. The zero-order valence-electron chi connectivity index (χ0n) is 6.86. The zero-order chi connectivity index (χ0) is 9.14. The van der Waals surface area contributed by atoms with Gasteiger partial charge in [-0.1, -0.05) is 9.39 Å². The van der Waals surface area contributed by atoms with Crippen molar-refractivity contribution in [2.75, 3.05) is 25.2 Å². The highest BCUT2D eigenvalue weighted by Gasteiger charge is 2.30. The van der Waals surface area contributed by atoms with Crippen LogP contribution < -0.4 is 0 Å². The molecule has 3 unspecified atom stereocenters. The molecular formula is C6H12NO3PS. The summed E-state index contributed by atoms with van der Waals surface area (Å²) in [4.78, 5) is 11.1. The highest BCUT2D eigenvalue weighted by Crippen LogP contribution is 2.14. The summed E-state index contributed by atoms with van der Waals surface area (Å²) in [6.07, 6.45) is 0. The van der Waals surface area contributed by atoms with Crippen molar-refractivity contribution < 1.29 is 13.7 Å². The van der Waals surface area contributed by atoms with Crippen molar-refractivity contribution in [2.45, 2.75) is 6.04 Å². The van der Waals surface area contributed by atoms with Gasteiger partial charge in [-0.3, -0.25) is 13.7 Å². The molecule has 12 heavy (non-hydrogen) atoms. The molecule has 0 radical (unpaired) electrons. The molecule has 1 heterocycles. The van der Waals surface area contributed by atoms with Crippen LogP contribution in [0.3, 0.4) is 0 Å². The SMILES string of the molecule is COC(=O)C1CS(=O)CCN1P. The predicted octanol–water partition coefficient (Wildman–Crippen LogP) is -0.618. The van der Waals surface area contributed by atoms with E-state index in [9.17, 15) is 9.00 Å². The number of nitrogens with zero attached hydrogens (tertiary/aromatic N) is 1. The Morgan fingerprint density at radius 3 is 3.00 bits per heavy atom. The Balaban J connectivity index is 2.60. The molecule has 0 aliphatic carbocycles. The summed E-state index contributed by atoms with van der Waals surface area (Å²) in [5, 5.41) is 0. The van der Waals surface area contributed by atoms with Gasteiger partial charge in [-0.05, 0) is 0 Å². The molecule has 0 aromatic carbocycles. The summed E-state index contributed by atoms with van der Waals surface area (Å²) in [6, 6.07) is -0.352. The van der Waals surface area contributed by atoms with E-state index in [1.54, 1.807) is 4.67 Å². The molecule has 4 nitrogen and oxygen atoms in total. The van der Waals surface area contributed by atoms with Gasteiger partial charge in [0.25, 0.3) is 0 Å². The summed E-state index contributed by atoms with van der Waals surface area (Å²) in [6.45, 7) is 0.664. The van der Waals surface area contributed by atoms with Crippen LogP contribution in [0.1, 0.15) is 0 Å². The zero-order valence-corrected chi connectivity index (χ0v) is 8.83. The van der Waals surface area contributed by atoms with Crippen LogP contribution in [-0.4, -0.2) is 46.1 Å². The number of esters is 1. The molecule has 3 atom stereocenters. The number of ether oxygens (including phenoxy) is 1. The monoisotopic (exact) mass is 209 g/mol. The third-order valence-electron chi connectivity index (χ3n) is 1.79. The van der Waals surface area contributed by atoms with E-state index in [1.165, 1.54) is 7.11 Å². The summed E-state index contributed by atoms with van der Waals surface area (Å²) >= 11 is 0. The van der Waals surface area contributed by atoms with Gasteiger partial charge in [0.15, 0.2) is 0 Å². The van der Waals surface area contributed by atoms with Crippen LogP contribution in [0.15, 0.2) is 0 Å². The standard InChI is InChI=1S/C6H12NO3PS/c1-10-6(8)5-4-12(9)3-2-7(5)11/h5H,2-4,11H2,1H3. The Kier molecular flexibility index (Phi) is 3.62. The maximum absolute atomic E-state index is 11.1. The second-order valence-corrected chi connectivity index (χ2v) is 4.87. The van der Waals surface area contributed by atoms with Gasteiger partial charge in [0.2, 0.25) is 0 Å². The lowest BCUT2D eigenvalue weighted by atomic mass is 10.3. The Labute approximate surface area is 76.4 Å². The summed E-state index contributed by atoms with van der Waals surface area (Å²) in [5.74, 6) is 0.714. The Hall–Kier alpha value is 0.01000. The Bertz CT molecular complexity index is 211. The van der Waals surface area contributed by atoms with Crippen molar-refractivity contribution >= 4 is 26.2 Å². The molecule has 1 fully saturated rings. The summed E-state index contributed by atoms with van der Waals surface area (Å²) in [7, 11) is 2.93. The first-order chi connectivity index (χ1) is 5.65. The van der Waals surface area contributed by atoms with Crippen LogP contribution in [0.4, 0.5) is 0 Å². The minimum Gasteiger partial charge on any atom is -0.468 e. The van der Waals surface area contributed by atoms with Gasteiger partial charge in [-0.2, -0.15) is 0 Å². The van der Waals surface area contributed by atoms with Crippen molar-refractivity contribution in [2.24, 2.45) is 0 Å². The lowest BCUT2D eigenvalue weighted by Gasteiger charge is -2.29. The molecule has 1 rings (SSSR count). The van der Waals surface area contributed by atoms with Crippen molar-refractivity contribution in [3.05, 3.63) is 0 Å². The van der Waals surface area contributed by atoms with Crippen LogP contribution in [0, 0.1) is 0 Å². The van der Waals surface area contributed by atoms with Crippen LogP contribution in [-0.2, 0) is 20.3 Å². The quantitative estimate of drug-likeness (QED) is 0.426. The second kappa shape index (κ2) is 4.30. The molecule has 0 spiro atoms. The Morgan fingerprint density at radius 1 is 1.75 bits per heavy atom. The molecule has 0 saturated carbocycles. The minimum atomic E-state index is -0.869. The van der Waals surface area contributed by atoms with Crippen LogP contribution in [0.2, 0.25) is 0 Å². The molecule has 1 saturated heterocycles. The summed E-state index contributed by atoms with van der Waals surface area (Å²) < 4.78 is 17.5. The van der Waals surface area contributed by atoms with E-state index < -0.39 is 10.8 Å². The van der Waals surface area contributed by atoms with Gasteiger partial charge in [-0.15, -0.1) is 0 Å². The molecule has 6 heteroatoms. The molecule has 0 aromatic rings. The van der Waals surface area contributed by atoms with E-state index in [2.05, 4.69) is 14.1 Å². The van der Waals surface area contributed by atoms with E-state index in [4.69, 9.17) is 0 Å². The van der Waals surface area contributed by atoms with E-state index in [1.807, 2.05) is 0 Å². The van der Waals surface area contributed by atoms with Gasteiger partial charge in [-0.25, -0.2) is 0 Å². The van der Waals surface area contributed by atoms with Crippen molar-refractivity contribution in [3.8, 4) is 0 Å². The van der Waals surface area contributed by atoms with E-state index >= 15 is 0 Å². The van der Waals surface area contributed by atoms with Crippen molar-refractivity contribution in [3.63, 3.8) is 0 Å². The Morgan fingerprint density at radius 2 is 2.42 bits per heavy atom. The van der Waals surface area contributed by atoms with Gasteiger partial charge in [0.1, 0.15) is 6.04 Å². The fraction of sp³-hybridized carbons (Fsp3) is 0.833. The maximum atomic E-state index is 11.1. The van der Waals surface area contributed by atoms with E-state index in [-0.39, 0.29) is 12.0 Å². The first-order valence-corrected chi connectivity index (χ1v) is 5.59. The lowest BCUT2D eigenvalue weighted by molar-refractivity contribution is -0.144. The van der Waals surface area contributed by atoms with Crippen LogP contribution in [0.25, 0.3) is 0 Å². The molecular weight excluding hydrogens is 197 g/mol. The van der Waals surface area contributed by atoms with E-state index in [0.29, 0.717) is 18.1 Å². The third-order valence-corrected chi connectivity index (χ3v) is 3.74. The first-order valence-electron chi connectivity index (χ1n) is 3.59. The van der Waals surface area contributed by atoms with Gasteiger partial charge in [0, 0.05) is 23.1 Å². The first kappa shape index (κ1) is 10.1. The van der Waals surface area contributed by atoms with Gasteiger partial charge in [0.05, 0.1) is 12.9 Å². The number of hydrogen-bond donors (Lipinski definition) is 0. The van der Waals surface area contributed by atoms with Crippen LogP contribution in [0.5, 0.6) is 0 Å². The van der Waals surface area contributed by atoms with Crippen molar-refractivity contribution in [1.82, 2.24) is 4.67 Å². The van der Waals surface area contributed by atoms with E-state index in [0.717, 1.165) is 0 Å². The number of carbonyl (C=O) groups excluding carboxylic acids is 1. The van der Waals surface area contributed by atoms with Crippen LogP contribution >= 0.6 is 9.39 Å². The molecule has 70 valence electrons.